The number of anilines is 2. The minimum Gasteiger partial charge on any atom is -0.393 e. The Kier molecular flexibility index (Phi) is 2.91. The summed E-state index contributed by atoms with van der Waals surface area (Å²) in [6.07, 6.45) is 0. The third-order valence-corrected chi connectivity index (χ3v) is 2.69. The number of nitro benzene ring substituents is 1. The van der Waals surface area contributed by atoms with E-state index in [2.05, 4.69) is 10.2 Å². The normalized spacial score (nSPS) is 16.1. The van der Waals surface area contributed by atoms with Gasteiger partial charge in [0.2, 0.25) is 0 Å². The van der Waals surface area contributed by atoms with Gasteiger partial charge in [0, 0.05) is 37.9 Å². The van der Waals surface area contributed by atoms with Crippen molar-refractivity contribution in [3.63, 3.8) is 0 Å². The lowest BCUT2D eigenvalue weighted by atomic mass is 10.2. The molecule has 1 heterocycles. The molecule has 1 saturated heterocycles. The van der Waals surface area contributed by atoms with E-state index in [9.17, 15) is 10.1 Å². The number of nitrogen functional groups attached to an aromatic ring is 1. The Bertz CT molecular complexity index is 402. The molecular weight excluding hydrogens is 208 g/mol. The van der Waals surface area contributed by atoms with Crippen LogP contribution in [0.5, 0.6) is 0 Å². The van der Waals surface area contributed by atoms with Crippen molar-refractivity contribution in [1.29, 1.82) is 0 Å². The van der Waals surface area contributed by atoms with Crippen molar-refractivity contribution >= 4 is 17.1 Å². The van der Waals surface area contributed by atoms with Crippen molar-refractivity contribution in [3.8, 4) is 0 Å². The number of hydrogen-bond donors (Lipinski definition) is 2. The number of piperazine rings is 1. The van der Waals surface area contributed by atoms with E-state index in [1.165, 1.54) is 0 Å². The van der Waals surface area contributed by atoms with Gasteiger partial charge in [-0.05, 0) is 12.1 Å². The zero-order valence-electron chi connectivity index (χ0n) is 8.85. The second kappa shape index (κ2) is 4.36. The Labute approximate surface area is 93.2 Å². The van der Waals surface area contributed by atoms with Crippen LogP contribution in [0.3, 0.4) is 0 Å². The highest BCUT2D eigenvalue weighted by Gasteiger charge is 2.16. The van der Waals surface area contributed by atoms with E-state index in [0.717, 1.165) is 31.9 Å². The Hall–Kier alpha value is -1.82. The zero-order chi connectivity index (χ0) is 11.5. The van der Waals surface area contributed by atoms with Gasteiger partial charge in [0.15, 0.2) is 0 Å². The van der Waals surface area contributed by atoms with Gasteiger partial charge in [0.1, 0.15) is 5.69 Å². The SMILES string of the molecule is Nc1ccc(N2CCNCC2)cc1[N+](=O)[O-]. The molecule has 86 valence electrons. The molecule has 0 radical (unpaired) electrons. The number of nitrogens with two attached hydrogens (primary N) is 1. The van der Waals surface area contributed by atoms with Crippen LogP contribution in [0.1, 0.15) is 0 Å². The summed E-state index contributed by atoms with van der Waals surface area (Å²) >= 11 is 0. The summed E-state index contributed by atoms with van der Waals surface area (Å²) in [5.74, 6) is 0. The van der Waals surface area contributed by atoms with Crippen LogP contribution in [0, 0.1) is 10.1 Å². The molecule has 1 aromatic rings. The molecule has 0 atom stereocenters. The summed E-state index contributed by atoms with van der Waals surface area (Å²) in [7, 11) is 0. The van der Waals surface area contributed by atoms with Crippen LogP contribution in [-0.2, 0) is 0 Å². The fourth-order valence-electron chi connectivity index (χ4n) is 1.81. The highest BCUT2D eigenvalue weighted by Crippen LogP contribution is 2.27. The van der Waals surface area contributed by atoms with Gasteiger partial charge >= 0.3 is 0 Å². The van der Waals surface area contributed by atoms with Gasteiger partial charge < -0.3 is 16.0 Å². The van der Waals surface area contributed by atoms with E-state index in [1.807, 2.05) is 6.07 Å². The third kappa shape index (κ3) is 2.06. The maximum Gasteiger partial charge on any atom is 0.294 e. The van der Waals surface area contributed by atoms with Crippen LogP contribution in [0.4, 0.5) is 17.1 Å². The minimum absolute atomic E-state index is 0.0176. The first-order valence-electron chi connectivity index (χ1n) is 5.18. The first-order valence-corrected chi connectivity index (χ1v) is 5.18. The monoisotopic (exact) mass is 222 g/mol. The second-order valence-corrected chi connectivity index (χ2v) is 3.74. The van der Waals surface area contributed by atoms with Crippen LogP contribution >= 0.6 is 0 Å². The van der Waals surface area contributed by atoms with Gasteiger partial charge in [-0.25, -0.2) is 0 Å². The number of nitrogens with one attached hydrogen (secondary N) is 1. The van der Waals surface area contributed by atoms with Crippen molar-refractivity contribution in [2.45, 2.75) is 0 Å². The smallest absolute Gasteiger partial charge is 0.294 e. The van der Waals surface area contributed by atoms with Gasteiger partial charge in [-0.1, -0.05) is 0 Å². The van der Waals surface area contributed by atoms with Gasteiger partial charge in [0.25, 0.3) is 5.69 Å². The Morgan fingerprint density at radius 3 is 2.69 bits per heavy atom. The summed E-state index contributed by atoms with van der Waals surface area (Å²) in [5, 5.41) is 14.0. The van der Waals surface area contributed by atoms with Crippen molar-refractivity contribution in [2.24, 2.45) is 0 Å². The topological polar surface area (TPSA) is 84.4 Å². The maximum atomic E-state index is 10.8. The summed E-state index contributed by atoms with van der Waals surface area (Å²) in [6.45, 7) is 3.53. The van der Waals surface area contributed by atoms with E-state index in [1.54, 1.807) is 12.1 Å². The molecule has 1 aliphatic rings. The van der Waals surface area contributed by atoms with E-state index in [0.29, 0.717) is 0 Å². The molecule has 0 amide bonds. The Morgan fingerprint density at radius 1 is 1.38 bits per heavy atom. The molecule has 16 heavy (non-hydrogen) atoms. The third-order valence-electron chi connectivity index (χ3n) is 2.69. The molecular formula is C10H14N4O2. The number of nitrogens with zero attached hydrogens (tertiary/aromatic N) is 2. The lowest BCUT2D eigenvalue weighted by molar-refractivity contribution is -0.383. The highest BCUT2D eigenvalue weighted by atomic mass is 16.6. The molecule has 0 bridgehead atoms. The quantitative estimate of drug-likeness (QED) is 0.434. The standard InChI is InChI=1S/C10H14N4O2/c11-9-2-1-8(7-10(9)14(15)16)13-5-3-12-4-6-13/h1-2,7,12H,3-6,11H2. The number of nitro groups is 1. The molecule has 3 N–H and O–H groups in total. The summed E-state index contributed by atoms with van der Waals surface area (Å²) in [5.41, 5.74) is 6.61. The van der Waals surface area contributed by atoms with Crippen molar-refractivity contribution in [3.05, 3.63) is 28.3 Å². The number of benzene rings is 1. The largest absolute Gasteiger partial charge is 0.393 e. The predicted molar refractivity (Wildman–Crippen MR) is 62.6 cm³/mol. The summed E-state index contributed by atoms with van der Waals surface area (Å²) < 4.78 is 0. The van der Waals surface area contributed by atoms with Gasteiger partial charge in [0.05, 0.1) is 4.92 Å². The predicted octanol–water partition coefficient (Wildman–Crippen LogP) is 0.587. The molecule has 0 unspecified atom stereocenters. The number of rotatable bonds is 2. The molecule has 0 aliphatic carbocycles. The molecule has 0 spiro atoms. The van der Waals surface area contributed by atoms with Crippen molar-refractivity contribution in [1.82, 2.24) is 5.32 Å². The molecule has 0 aromatic heterocycles. The lowest BCUT2D eigenvalue weighted by Gasteiger charge is -2.29. The van der Waals surface area contributed by atoms with E-state index in [-0.39, 0.29) is 11.4 Å². The van der Waals surface area contributed by atoms with E-state index < -0.39 is 4.92 Å². The first kappa shape index (κ1) is 10.7. The average Bonchev–Trinajstić information content (AvgIpc) is 2.30. The maximum absolute atomic E-state index is 10.8. The minimum atomic E-state index is -0.443. The Morgan fingerprint density at radius 2 is 2.06 bits per heavy atom. The molecule has 0 saturated carbocycles. The van der Waals surface area contributed by atoms with Gasteiger partial charge in [-0.2, -0.15) is 0 Å². The fourth-order valence-corrected chi connectivity index (χ4v) is 1.81. The fraction of sp³-hybridized carbons (Fsp3) is 0.400. The Balaban J connectivity index is 2.27. The van der Waals surface area contributed by atoms with Crippen LogP contribution in [-0.4, -0.2) is 31.1 Å². The van der Waals surface area contributed by atoms with Gasteiger partial charge in [-0.3, -0.25) is 10.1 Å². The highest BCUT2D eigenvalue weighted by molar-refractivity contribution is 5.66. The van der Waals surface area contributed by atoms with Gasteiger partial charge in [-0.15, -0.1) is 0 Å². The van der Waals surface area contributed by atoms with Crippen molar-refractivity contribution < 1.29 is 4.92 Å². The summed E-state index contributed by atoms with van der Waals surface area (Å²) in [4.78, 5) is 12.4. The molecule has 2 rings (SSSR count). The molecule has 1 aromatic carbocycles. The van der Waals surface area contributed by atoms with Crippen LogP contribution in [0.15, 0.2) is 18.2 Å². The van der Waals surface area contributed by atoms with Crippen molar-refractivity contribution in [2.75, 3.05) is 36.8 Å². The lowest BCUT2D eigenvalue weighted by Crippen LogP contribution is -2.43. The first-order chi connectivity index (χ1) is 7.68. The number of hydrogen-bond acceptors (Lipinski definition) is 5. The van der Waals surface area contributed by atoms with E-state index in [4.69, 9.17) is 5.73 Å². The van der Waals surface area contributed by atoms with Crippen LogP contribution in [0.25, 0.3) is 0 Å². The molecule has 6 heteroatoms. The molecule has 1 aliphatic heterocycles. The molecule has 6 nitrogen and oxygen atoms in total. The van der Waals surface area contributed by atoms with Crippen LogP contribution in [0.2, 0.25) is 0 Å². The average molecular weight is 222 g/mol. The summed E-state index contributed by atoms with van der Waals surface area (Å²) in [6, 6.07) is 4.96. The zero-order valence-corrected chi connectivity index (χ0v) is 8.85. The van der Waals surface area contributed by atoms with Crippen LogP contribution < -0.4 is 16.0 Å². The van der Waals surface area contributed by atoms with E-state index >= 15 is 0 Å². The molecule has 1 fully saturated rings. The second-order valence-electron chi connectivity index (χ2n) is 3.74.